The van der Waals surface area contributed by atoms with Crippen molar-refractivity contribution in [2.75, 3.05) is 45.8 Å². The molecular formula is C19H32Cl2N4O3. The number of nitrogens with two attached hydrogens (primary N) is 1. The third-order valence-corrected chi connectivity index (χ3v) is 5.64. The number of halogens is 2. The summed E-state index contributed by atoms with van der Waals surface area (Å²) in [5.74, 6) is 1.26. The molecule has 2 N–H and O–H groups in total. The van der Waals surface area contributed by atoms with E-state index in [1.165, 1.54) is 6.26 Å². The maximum atomic E-state index is 12.5. The monoisotopic (exact) mass is 434 g/mol. The maximum absolute atomic E-state index is 12.5. The molecule has 0 spiro atoms. The van der Waals surface area contributed by atoms with Gasteiger partial charge in [-0.15, -0.1) is 24.8 Å². The zero-order valence-corrected chi connectivity index (χ0v) is 18.1. The minimum atomic E-state index is -0.00564. The van der Waals surface area contributed by atoms with E-state index in [1.54, 1.807) is 6.07 Å². The Kier molecular flexibility index (Phi) is 10.3. The van der Waals surface area contributed by atoms with Crippen molar-refractivity contribution in [3.8, 4) is 0 Å². The highest BCUT2D eigenvalue weighted by atomic mass is 35.5. The van der Waals surface area contributed by atoms with Crippen molar-refractivity contribution in [3.05, 3.63) is 23.7 Å². The number of likely N-dealkylation sites (tertiary alicyclic amines) is 1. The Hall–Kier alpha value is -1.28. The molecule has 0 radical (unpaired) electrons. The van der Waals surface area contributed by atoms with Gasteiger partial charge in [-0.05, 0) is 31.4 Å². The minimum absolute atomic E-state index is 0. The van der Waals surface area contributed by atoms with Crippen LogP contribution in [0.25, 0.3) is 0 Å². The molecule has 2 aliphatic rings. The van der Waals surface area contributed by atoms with Gasteiger partial charge in [-0.2, -0.15) is 0 Å². The van der Waals surface area contributed by atoms with Crippen molar-refractivity contribution in [1.29, 1.82) is 0 Å². The highest BCUT2D eigenvalue weighted by molar-refractivity contribution is 5.94. The molecule has 1 aromatic heterocycles. The van der Waals surface area contributed by atoms with Crippen LogP contribution in [0.15, 0.2) is 16.7 Å². The molecule has 0 unspecified atom stereocenters. The molecule has 2 saturated heterocycles. The number of rotatable bonds is 5. The van der Waals surface area contributed by atoms with E-state index in [-0.39, 0.29) is 36.6 Å². The van der Waals surface area contributed by atoms with Gasteiger partial charge in [-0.1, -0.05) is 6.92 Å². The van der Waals surface area contributed by atoms with Crippen LogP contribution in [0.4, 0.5) is 0 Å². The van der Waals surface area contributed by atoms with E-state index >= 15 is 0 Å². The van der Waals surface area contributed by atoms with Crippen LogP contribution >= 0.6 is 24.8 Å². The minimum Gasteiger partial charge on any atom is -0.467 e. The Balaban J connectivity index is 0.00000196. The van der Waals surface area contributed by atoms with Crippen molar-refractivity contribution >= 4 is 36.6 Å². The van der Waals surface area contributed by atoms with Crippen LogP contribution in [0, 0.1) is 5.92 Å². The second kappa shape index (κ2) is 11.7. The van der Waals surface area contributed by atoms with E-state index in [9.17, 15) is 9.59 Å². The first-order chi connectivity index (χ1) is 12.6. The summed E-state index contributed by atoms with van der Waals surface area (Å²) in [6, 6.07) is 1.72. The van der Waals surface area contributed by atoms with Crippen molar-refractivity contribution in [2.24, 2.45) is 11.7 Å². The quantitative estimate of drug-likeness (QED) is 0.765. The van der Waals surface area contributed by atoms with E-state index < -0.39 is 0 Å². The number of nitrogens with zero attached hydrogens (tertiary/aromatic N) is 3. The Morgan fingerprint density at radius 1 is 1.07 bits per heavy atom. The topological polar surface area (TPSA) is 83.0 Å². The van der Waals surface area contributed by atoms with Gasteiger partial charge in [0.05, 0.1) is 12.1 Å². The van der Waals surface area contributed by atoms with Gasteiger partial charge in [-0.25, -0.2) is 0 Å². The van der Waals surface area contributed by atoms with Crippen LogP contribution < -0.4 is 5.73 Å². The lowest BCUT2D eigenvalue weighted by Crippen LogP contribution is -2.49. The SMILES string of the molecule is CCN1CCN(C(=O)CC2CCN(C(=O)c3coc(CN)c3)CC2)CC1.Cl.Cl. The summed E-state index contributed by atoms with van der Waals surface area (Å²) in [4.78, 5) is 31.3. The van der Waals surface area contributed by atoms with E-state index in [1.807, 2.05) is 9.80 Å². The van der Waals surface area contributed by atoms with E-state index in [0.29, 0.717) is 43.3 Å². The van der Waals surface area contributed by atoms with Gasteiger partial charge < -0.3 is 24.9 Å². The van der Waals surface area contributed by atoms with Gasteiger partial charge in [0.1, 0.15) is 12.0 Å². The molecule has 28 heavy (non-hydrogen) atoms. The Bertz CT molecular complexity index is 624. The molecule has 0 aromatic carbocycles. The van der Waals surface area contributed by atoms with Crippen LogP contribution in [0.2, 0.25) is 0 Å². The summed E-state index contributed by atoms with van der Waals surface area (Å²) in [6.45, 7) is 8.54. The standard InChI is InChI=1S/C19H30N4O3.2ClH/c1-2-21-7-9-22(10-8-21)18(24)11-15-3-5-23(6-4-15)19(25)16-12-17(13-20)26-14-16;;/h12,14-15H,2-11,13,20H2,1H3;2*1H. The first-order valence-electron chi connectivity index (χ1n) is 9.67. The van der Waals surface area contributed by atoms with Crippen molar-refractivity contribution in [2.45, 2.75) is 32.7 Å². The van der Waals surface area contributed by atoms with Crippen molar-refractivity contribution in [1.82, 2.24) is 14.7 Å². The first kappa shape index (κ1) is 24.8. The fraction of sp³-hybridized carbons (Fsp3) is 0.684. The van der Waals surface area contributed by atoms with Crippen molar-refractivity contribution < 1.29 is 14.0 Å². The number of piperazine rings is 1. The molecule has 3 heterocycles. The molecular weight excluding hydrogens is 403 g/mol. The van der Waals surface area contributed by atoms with Gasteiger partial charge in [0.25, 0.3) is 5.91 Å². The van der Waals surface area contributed by atoms with Crippen LogP contribution in [-0.4, -0.2) is 72.3 Å². The van der Waals surface area contributed by atoms with Gasteiger partial charge >= 0.3 is 0 Å². The summed E-state index contributed by atoms with van der Waals surface area (Å²) in [5, 5.41) is 0. The summed E-state index contributed by atoms with van der Waals surface area (Å²) in [6.07, 6.45) is 3.86. The van der Waals surface area contributed by atoms with Crippen LogP contribution in [0.3, 0.4) is 0 Å². The number of piperidine rings is 1. The molecule has 3 rings (SSSR count). The Morgan fingerprint density at radius 2 is 1.71 bits per heavy atom. The highest BCUT2D eigenvalue weighted by Crippen LogP contribution is 2.23. The number of furan rings is 1. The smallest absolute Gasteiger partial charge is 0.257 e. The summed E-state index contributed by atoms with van der Waals surface area (Å²) < 4.78 is 5.26. The first-order valence-corrected chi connectivity index (χ1v) is 9.67. The number of carbonyl (C=O) groups is 2. The predicted octanol–water partition coefficient (Wildman–Crippen LogP) is 1.99. The highest BCUT2D eigenvalue weighted by Gasteiger charge is 2.28. The zero-order chi connectivity index (χ0) is 18.5. The molecule has 1 aromatic rings. The molecule has 7 nitrogen and oxygen atoms in total. The molecule has 9 heteroatoms. The molecule has 2 fully saturated rings. The predicted molar refractivity (Wildman–Crippen MR) is 113 cm³/mol. The van der Waals surface area contributed by atoms with Gasteiger partial charge in [0.2, 0.25) is 5.91 Å². The van der Waals surface area contributed by atoms with Crippen LogP contribution in [-0.2, 0) is 11.3 Å². The molecule has 0 bridgehead atoms. The third kappa shape index (κ3) is 6.11. The molecule has 0 atom stereocenters. The summed E-state index contributed by atoms with van der Waals surface area (Å²) >= 11 is 0. The number of carbonyl (C=O) groups excluding carboxylic acids is 2. The number of likely N-dealkylation sites (N-methyl/N-ethyl adjacent to an activating group) is 1. The summed E-state index contributed by atoms with van der Waals surface area (Å²) in [5.41, 5.74) is 6.09. The normalized spacial score (nSPS) is 18.4. The lowest BCUT2D eigenvalue weighted by Gasteiger charge is -2.36. The molecule has 0 saturated carbocycles. The zero-order valence-electron chi connectivity index (χ0n) is 16.5. The van der Waals surface area contributed by atoms with E-state index in [0.717, 1.165) is 45.6 Å². The largest absolute Gasteiger partial charge is 0.467 e. The number of amides is 2. The Morgan fingerprint density at radius 3 is 2.25 bits per heavy atom. The van der Waals surface area contributed by atoms with Gasteiger partial charge in [-0.3, -0.25) is 9.59 Å². The second-order valence-electron chi connectivity index (χ2n) is 7.26. The average Bonchev–Trinajstić information content (AvgIpc) is 3.17. The molecule has 160 valence electrons. The van der Waals surface area contributed by atoms with E-state index in [2.05, 4.69) is 11.8 Å². The summed E-state index contributed by atoms with van der Waals surface area (Å²) in [7, 11) is 0. The third-order valence-electron chi connectivity index (χ3n) is 5.64. The van der Waals surface area contributed by atoms with E-state index in [4.69, 9.17) is 10.2 Å². The maximum Gasteiger partial charge on any atom is 0.257 e. The van der Waals surface area contributed by atoms with Crippen LogP contribution in [0.5, 0.6) is 0 Å². The van der Waals surface area contributed by atoms with Gasteiger partial charge in [0.15, 0.2) is 0 Å². The lowest BCUT2D eigenvalue weighted by molar-refractivity contribution is -0.134. The lowest BCUT2D eigenvalue weighted by atomic mass is 9.92. The Labute approximate surface area is 179 Å². The van der Waals surface area contributed by atoms with Crippen molar-refractivity contribution in [3.63, 3.8) is 0 Å². The number of hydrogen-bond acceptors (Lipinski definition) is 5. The molecule has 2 aliphatic heterocycles. The average molecular weight is 435 g/mol. The fourth-order valence-electron chi connectivity index (χ4n) is 3.81. The van der Waals surface area contributed by atoms with Gasteiger partial charge in [0, 0.05) is 45.7 Å². The second-order valence-corrected chi connectivity index (χ2v) is 7.26. The molecule has 0 aliphatic carbocycles. The number of hydrogen-bond donors (Lipinski definition) is 1. The molecule has 2 amide bonds. The fourth-order valence-corrected chi connectivity index (χ4v) is 3.81. The van der Waals surface area contributed by atoms with Crippen LogP contribution in [0.1, 0.15) is 42.3 Å².